The van der Waals surface area contributed by atoms with E-state index < -0.39 is 21.9 Å². The lowest BCUT2D eigenvalue weighted by atomic mass is 10.2. The molecule has 7 nitrogen and oxygen atoms in total. The summed E-state index contributed by atoms with van der Waals surface area (Å²) in [6.45, 7) is -0.0161. The van der Waals surface area contributed by atoms with Crippen LogP contribution in [0.25, 0.3) is 6.08 Å². The molecule has 2 amide bonds. The molecule has 0 atom stereocenters. The number of halogens is 2. The van der Waals surface area contributed by atoms with Crippen molar-refractivity contribution in [3.05, 3.63) is 109 Å². The number of hydrogen-bond acceptors (Lipinski definition) is 6. The Morgan fingerprint density at radius 1 is 1.06 bits per heavy atom. The Morgan fingerprint density at radius 3 is 2.41 bits per heavy atom. The number of carbonyl (C=O) groups excluding carboxylic acids is 2. The van der Waals surface area contributed by atoms with Crippen LogP contribution in [0.3, 0.4) is 0 Å². The lowest BCUT2D eigenvalue weighted by Crippen LogP contribution is -2.27. The van der Waals surface area contributed by atoms with Crippen LogP contribution in [-0.2, 0) is 17.9 Å². The first kappa shape index (κ1) is 23.5. The van der Waals surface area contributed by atoms with Crippen molar-refractivity contribution in [3.8, 4) is 5.75 Å². The van der Waals surface area contributed by atoms with Crippen LogP contribution < -0.4 is 4.74 Å². The van der Waals surface area contributed by atoms with E-state index in [1.54, 1.807) is 36.4 Å². The first-order valence-corrected chi connectivity index (χ1v) is 11.2. The summed E-state index contributed by atoms with van der Waals surface area (Å²) in [5.74, 6) is -0.404. The van der Waals surface area contributed by atoms with Crippen LogP contribution in [0.15, 0.2) is 71.6 Å². The largest absolute Gasteiger partial charge is 0.489 e. The van der Waals surface area contributed by atoms with E-state index in [1.807, 2.05) is 0 Å². The molecule has 0 saturated carbocycles. The van der Waals surface area contributed by atoms with E-state index >= 15 is 0 Å². The van der Waals surface area contributed by atoms with Crippen LogP contribution in [0.4, 0.5) is 14.9 Å². The second kappa shape index (κ2) is 10.1. The molecule has 34 heavy (non-hydrogen) atoms. The summed E-state index contributed by atoms with van der Waals surface area (Å²) in [6.07, 6.45) is 1.60. The predicted molar refractivity (Wildman–Crippen MR) is 127 cm³/mol. The maximum atomic E-state index is 13.9. The number of nitrogens with zero attached hydrogens (tertiary/aromatic N) is 2. The van der Waals surface area contributed by atoms with E-state index in [1.165, 1.54) is 36.4 Å². The van der Waals surface area contributed by atoms with E-state index in [0.29, 0.717) is 16.9 Å². The molecule has 1 saturated heterocycles. The van der Waals surface area contributed by atoms with Gasteiger partial charge in [-0.3, -0.25) is 24.6 Å². The van der Waals surface area contributed by atoms with E-state index in [-0.39, 0.29) is 34.3 Å². The van der Waals surface area contributed by atoms with Crippen molar-refractivity contribution < 1.29 is 23.6 Å². The Balaban J connectivity index is 1.41. The number of imide groups is 1. The van der Waals surface area contributed by atoms with Gasteiger partial charge in [0.15, 0.2) is 0 Å². The third-order valence-corrected chi connectivity index (χ3v) is 6.25. The van der Waals surface area contributed by atoms with Crippen LogP contribution in [-0.4, -0.2) is 21.0 Å². The number of non-ortho nitro benzene ring substituents is 1. The highest BCUT2D eigenvalue weighted by atomic mass is 35.5. The number of thioether (sulfide) groups is 1. The molecule has 1 fully saturated rings. The van der Waals surface area contributed by atoms with Crippen molar-refractivity contribution in [1.82, 2.24) is 4.90 Å². The summed E-state index contributed by atoms with van der Waals surface area (Å²) in [5, 5.41) is 10.6. The van der Waals surface area contributed by atoms with Crippen LogP contribution in [0, 0.1) is 15.9 Å². The van der Waals surface area contributed by atoms with Crippen molar-refractivity contribution in [2.75, 3.05) is 0 Å². The molecule has 1 aliphatic heterocycles. The average Bonchev–Trinajstić information content (AvgIpc) is 3.07. The Hall–Kier alpha value is -3.69. The molecular formula is C24H16ClFN2O5S. The van der Waals surface area contributed by atoms with Gasteiger partial charge in [0.1, 0.15) is 18.2 Å². The molecule has 0 bridgehead atoms. The van der Waals surface area contributed by atoms with Gasteiger partial charge >= 0.3 is 0 Å². The Kier molecular flexibility index (Phi) is 6.95. The highest BCUT2D eigenvalue weighted by Gasteiger charge is 2.35. The monoisotopic (exact) mass is 498 g/mol. The number of amides is 2. The maximum absolute atomic E-state index is 13.9. The molecule has 0 aliphatic carbocycles. The number of nitro groups is 1. The number of ether oxygens (including phenoxy) is 1. The molecule has 3 aromatic carbocycles. The second-order valence-corrected chi connectivity index (χ2v) is 8.65. The van der Waals surface area contributed by atoms with Gasteiger partial charge in [0.05, 0.1) is 21.4 Å². The Morgan fingerprint density at radius 2 is 1.76 bits per heavy atom. The number of rotatable bonds is 7. The van der Waals surface area contributed by atoms with Crippen molar-refractivity contribution in [2.45, 2.75) is 13.2 Å². The highest BCUT2D eigenvalue weighted by molar-refractivity contribution is 8.18. The summed E-state index contributed by atoms with van der Waals surface area (Å²) >= 11 is 6.82. The lowest BCUT2D eigenvalue weighted by molar-refractivity contribution is -0.384. The quantitative estimate of drug-likeness (QED) is 0.219. The van der Waals surface area contributed by atoms with Crippen LogP contribution in [0.2, 0.25) is 5.02 Å². The van der Waals surface area contributed by atoms with Crippen LogP contribution in [0.1, 0.15) is 16.7 Å². The molecular weight excluding hydrogens is 483 g/mol. The van der Waals surface area contributed by atoms with Gasteiger partial charge in [-0.25, -0.2) is 4.39 Å². The molecule has 4 rings (SSSR count). The normalized spacial score (nSPS) is 14.6. The van der Waals surface area contributed by atoms with Gasteiger partial charge in [-0.1, -0.05) is 41.9 Å². The molecule has 0 aromatic heterocycles. The molecule has 1 heterocycles. The van der Waals surface area contributed by atoms with E-state index in [2.05, 4.69) is 0 Å². The molecule has 0 unspecified atom stereocenters. The van der Waals surface area contributed by atoms with Crippen molar-refractivity contribution in [3.63, 3.8) is 0 Å². The number of carbonyl (C=O) groups is 2. The summed E-state index contributed by atoms with van der Waals surface area (Å²) < 4.78 is 19.5. The van der Waals surface area contributed by atoms with Gasteiger partial charge in [0.2, 0.25) is 0 Å². The third kappa shape index (κ3) is 5.27. The molecule has 0 spiro atoms. The fourth-order valence-corrected chi connectivity index (χ4v) is 4.24. The van der Waals surface area contributed by atoms with Crippen molar-refractivity contribution in [2.24, 2.45) is 0 Å². The van der Waals surface area contributed by atoms with E-state index in [0.717, 1.165) is 16.7 Å². The molecule has 3 aromatic rings. The van der Waals surface area contributed by atoms with Crippen LogP contribution >= 0.6 is 23.4 Å². The van der Waals surface area contributed by atoms with Gasteiger partial charge in [0.25, 0.3) is 16.8 Å². The second-order valence-electron chi connectivity index (χ2n) is 7.25. The molecule has 0 N–H and O–H groups in total. The Labute approximate surface area is 202 Å². The fraction of sp³-hybridized carbons (Fsp3) is 0.0833. The summed E-state index contributed by atoms with van der Waals surface area (Å²) in [7, 11) is 0. The summed E-state index contributed by atoms with van der Waals surface area (Å²) in [5.41, 5.74) is 1.47. The fourth-order valence-electron chi connectivity index (χ4n) is 3.18. The number of hydrogen-bond donors (Lipinski definition) is 0. The molecule has 172 valence electrons. The number of nitro benzene ring substituents is 1. The SMILES string of the molecule is O=C1S/C(=C\c2ccc(OCc3c(F)cccc3Cl)cc2)C(=O)N1Cc1ccc([N+](=O)[O-])cc1. The van der Waals surface area contributed by atoms with Gasteiger partial charge in [-0.05, 0) is 53.2 Å². The molecule has 0 radical (unpaired) electrons. The highest BCUT2D eigenvalue weighted by Crippen LogP contribution is 2.33. The van der Waals surface area contributed by atoms with Gasteiger partial charge in [-0.2, -0.15) is 0 Å². The number of benzene rings is 3. The topological polar surface area (TPSA) is 89.8 Å². The van der Waals surface area contributed by atoms with E-state index in [4.69, 9.17) is 16.3 Å². The first-order valence-electron chi connectivity index (χ1n) is 9.96. The predicted octanol–water partition coefficient (Wildman–Crippen LogP) is 6.20. The molecule has 1 aliphatic rings. The summed E-state index contributed by atoms with van der Waals surface area (Å²) in [6, 6.07) is 16.8. The first-order chi connectivity index (χ1) is 16.3. The standard InChI is InChI=1S/C24H16ClFN2O5S/c25-20-2-1-3-21(26)19(20)14-33-18-10-6-15(7-11-18)12-22-23(29)27(24(30)34-22)13-16-4-8-17(9-5-16)28(31)32/h1-12H,13-14H2/b22-12-. The smallest absolute Gasteiger partial charge is 0.293 e. The average molecular weight is 499 g/mol. The van der Waals surface area contributed by atoms with Gasteiger partial charge in [0, 0.05) is 17.7 Å². The van der Waals surface area contributed by atoms with Gasteiger partial charge in [-0.15, -0.1) is 0 Å². The Bertz CT molecular complexity index is 1280. The third-order valence-electron chi connectivity index (χ3n) is 4.98. The zero-order chi connectivity index (χ0) is 24.2. The molecule has 10 heteroatoms. The minimum atomic E-state index is -0.516. The zero-order valence-electron chi connectivity index (χ0n) is 17.4. The zero-order valence-corrected chi connectivity index (χ0v) is 19.0. The van der Waals surface area contributed by atoms with E-state index in [9.17, 15) is 24.1 Å². The van der Waals surface area contributed by atoms with Crippen LogP contribution in [0.5, 0.6) is 5.75 Å². The minimum absolute atomic E-state index is 0.0192. The minimum Gasteiger partial charge on any atom is -0.489 e. The van der Waals surface area contributed by atoms with Crippen molar-refractivity contribution in [1.29, 1.82) is 0 Å². The van der Waals surface area contributed by atoms with Crippen molar-refractivity contribution >= 4 is 46.3 Å². The summed E-state index contributed by atoms with van der Waals surface area (Å²) in [4.78, 5) is 36.7. The lowest BCUT2D eigenvalue weighted by Gasteiger charge is -2.12. The van der Waals surface area contributed by atoms with Gasteiger partial charge < -0.3 is 4.74 Å². The maximum Gasteiger partial charge on any atom is 0.293 e.